The summed E-state index contributed by atoms with van der Waals surface area (Å²) in [6.07, 6.45) is 4.56. The summed E-state index contributed by atoms with van der Waals surface area (Å²) in [5.41, 5.74) is 0.996. The van der Waals surface area contributed by atoms with Crippen molar-refractivity contribution in [3.63, 3.8) is 0 Å². The lowest BCUT2D eigenvalue weighted by molar-refractivity contribution is 0.184. The monoisotopic (exact) mass is 289 g/mol. The highest BCUT2D eigenvalue weighted by atomic mass is 16.5. The first-order valence-electron chi connectivity index (χ1n) is 7.21. The fourth-order valence-electron chi connectivity index (χ4n) is 2.31. The Morgan fingerprint density at radius 2 is 2.05 bits per heavy atom. The average molecular weight is 289 g/mol. The van der Waals surface area contributed by atoms with Crippen molar-refractivity contribution in [1.29, 1.82) is 0 Å². The van der Waals surface area contributed by atoms with Crippen LogP contribution in [0.25, 0.3) is 11.6 Å². The summed E-state index contributed by atoms with van der Waals surface area (Å²) in [7, 11) is 0. The van der Waals surface area contributed by atoms with Gasteiger partial charge in [0.1, 0.15) is 0 Å². The Kier molecular flexibility index (Phi) is 4.21. The van der Waals surface area contributed by atoms with E-state index in [1.807, 2.05) is 6.92 Å². The molecule has 0 spiro atoms. The molecule has 2 unspecified atom stereocenters. The molecule has 0 saturated carbocycles. The normalized spacial score (nSPS) is 21.8. The van der Waals surface area contributed by atoms with Gasteiger partial charge in [-0.05, 0) is 25.5 Å². The summed E-state index contributed by atoms with van der Waals surface area (Å²) in [4.78, 5) is 12.9. The van der Waals surface area contributed by atoms with Gasteiger partial charge in [0.25, 0.3) is 0 Å². The van der Waals surface area contributed by atoms with E-state index in [-0.39, 0.29) is 12.0 Å². The quantitative estimate of drug-likeness (QED) is 0.888. The zero-order chi connectivity index (χ0) is 14.7. The van der Waals surface area contributed by atoms with Gasteiger partial charge in [0.2, 0.25) is 17.5 Å². The van der Waals surface area contributed by atoms with E-state index in [9.17, 15) is 0 Å². The lowest BCUT2D eigenvalue weighted by Gasteiger charge is -2.14. The number of aryl methyl sites for hydroxylation is 1. The molecule has 3 heterocycles. The van der Waals surface area contributed by atoms with E-state index in [1.54, 1.807) is 12.4 Å². The third-order valence-corrected chi connectivity index (χ3v) is 3.48. The summed E-state index contributed by atoms with van der Waals surface area (Å²) < 4.78 is 10.9. The van der Waals surface area contributed by atoms with Crippen LogP contribution in [0.1, 0.15) is 30.7 Å². The minimum Gasteiger partial charge on any atom is -0.379 e. The summed E-state index contributed by atoms with van der Waals surface area (Å²) in [5, 5.41) is 7.43. The molecule has 0 aliphatic carbocycles. The Morgan fingerprint density at radius 1 is 1.24 bits per heavy atom. The van der Waals surface area contributed by atoms with E-state index in [0.717, 1.165) is 18.5 Å². The van der Waals surface area contributed by atoms with E-state index in [1.165, 1.54) is 0 Å². The van der Waals surface area contributed by atoms with Crippen molar-refractivity contribution in [3.05, 3.63) is 23.8 Å². The van der Waals surface area contributed by atoms with Gasteiger partial charge in [-0.15, -0.1) is 0 Å². The smallest absolute Gasteiger partial charge is 0.240 e. The van der Waals surface area contributed by atoms with Gasteiger partial charge < -0.3 is 14.6 Å². The van der Waals surface area contributed by atoms with Crippen molar-refractivity contribution in [1.82, 2.24) is 25.4 Å². The fraction of sp³-hybridized carbons (Fsp3) is 0.571. The maximum absolute atomic E-state index is 5.53. The van der Waals surface area contributed by atoms with Crippen LogP contribution in [0.2, 0.25) is 0 Å². The molecule has 1 saturated heterocycles. The Hall–Kier alpha value is -1.86. The molecule has 2 aromatic heterocycles. The molecule has 0 amide bonds. The Balaban J connectivity index is 1.76. The first-order valence-corrected chi connectivity index (χ1v) is 7.21. The number of ether oxygens (including phenoxy) is 1. The molecule has 7 heteroatoms. The zero-order valence-electron chi connectivity index (χ0n) is 12.2. The highest BCUT2D eigenvalue weighted by Crippen LogP contribution is 2.25. The second-order valence-corrected chi connectivity index (χ2v) is 5.24. The predicted molar refractivity (Wildman–Crippen MR) is 75.7 cm³/mol. The minimum absolute atomic E-state index is 0.0863. The number of hydrogen-bond donors (Lipinski definition) is 1. The van der Waals surface area contributed by atoms with Gasteiger partial charge in [0.15, 0.2) is 0 Å². The SMILES string of the molecule is CCCNC1COCC1c1nc(-c2ncc(C)cn2)no1. The fourth-order valence-corrected chi connectivity index (χ4v) is 2.31. The van der Waals surface area contributed by atoms with Crippen LogP contribution in [0.3, 0.4) is 0 Å². The third kappa shape index (κ3) is 3.08. The molecule has 1 aliphatic heterocycles. The molecule has 0 aromatic carbocycles. The molecule has 7 nitrogen and oxygen atoms in total. The molecular weight excluding hydrogens is 270 g/mol. The van der Waals surface area contributed by atoms with Crippen molar-refractivity contribution in [2.75, 3.05) is 19.8 Å². The lowest BCUT2D eigenvalue weighted by Crippen LogP contribution is -2.34. The van der Waals surface area contributed by atoms with Gasteiger partial charge in [-0.3, -0.25) is 0 Å². The van der Waals surface area contributed by atoms with Gasteiger partial charge >= 0.3 is 0 Å². The number of nitrogens with zero attached hydrogens (tertiary/aromatic N) is 4. The summed E-state index contributed by atoms with van der Waals surface area (Å²) in [5.74, 6) is 1.57. The number of aromatic nitrogens is 4. The van der Waals surface area contributed by atoms with Crippen molar-refractivity contribution >= 4 is 0 Å². The topological polar surface area (TPSA) is 86.0 Å². The number of hydrogen-bond acceptors (Lipinski definition) is 7. The molecule has 1 N–H and O–H groups in total. The van der Waals surface area contributed by atoms with Gasteiger partial charge in [0.05, 0.1) is 19.1 Å². The molecule has 2 atom stereocenters. The largest absolute Gasteiger partial charge is 0.379 e. The molecule has 0 radical (unpaired) electrons. The van der Waals surface area contributed by atoms with Crippen molar-refractivity contribution in [2.45, 2.75) is 32.2 Å². The van der Waals surface area contributed by atoms with E-state index >= 15 is 0 Å². The molecular formula is C14H19N5O2. The Labute approximate surface area is 123 Å². The van der Waals surface area contributed by atoms with E-state index < -0.39 is 0 Å². The molecule has 2 aromatic rings. The maximum atomic E-state index is 5.53. The van der Waals surface area contributed by atoms with Gasteiger partial charge in [-0.25, -0.2) is 9.97 Å². The highest BCUT2D eigenvalue weighted by Gasteiger charge is 2.33. The van der Waals surface area contributed by atoms with Crippen LogP contribution < -0.4 is 5.32 Å². The van der Waals surface area contributed by atoms with Crippen LogP contribution in [0, 0.1) is 6.92 Å². The predicted octanol–water partition coefficient (Wildman–Crippen LogP) is 1.32. The molecule has 112 valence electrons. The van der Waals surface area contributed by atoms with Crippen LogP contribution in [0.4, 0.5) is 0 Å². The molecule has 1 aliphatic rings. The summed E-state index contributed by atoms with van der Waals surface area (Å²) in [6.45, 7) is 6.29. The summed E-state index contributed by atoms with van der Waals surface area (Å²) >= 11 is 0. The van der Waals surface area contributed by atoms with Gasteiger partial charge in [0, 0.05) is 18.4 Å². The maximum Gasteiger partial charge on any atom is 0.240 e. The van der Waals surface area contributed by atoms with Crippen LogP contribution in [-0.2, 0) is 4.74 Å². The summed E-state index contributed by atoms with van der Waals surface area (Å²) in [6, 6.07) is 0.220. The highest BCUT2D eigenvalue weighted by molar-refractivity contribution is 5.41. The van der Waals surface area contributed by atoms with E-state index in [0.29, 0.717) is 30.8 Å². The van der Waals surface area contributed by atoms with Crippen LogP contribution in [0.5, 0.6) is 0 Å². The lowest BCUT2D eigenvalue weighted by atomic mass is 10.0. The van der Waals surface area contributed by atoms with Crippen LogP contribution in [0.15, 0.2) is 16.9 Å². The van der Waals surface area contributed by atoms with Crippen LogP contribution >= 0.6 is 0 Å². The molecule has 3 rings (SSSR count). The van der Waals surface area contributed by atoms with Crippen LogP contribution in [-0.4, -0.2) is 45.9 Å². The van der Waals surface area contributed by atoms with Gasteiger partial charge in [-0.1, -0.05) is 12.1 Å². The van der Waals surface area contributed by atoms with Gasteiger partial charge in [-0.2, -0.15) is 4.98 Å². The van der Waals surface area contributed by atoms with Crippen molar-refractivity contribution in [2.24, 2.45) is 0 Å². The minimum atomic E-state index is 0.0863. The van der Waals surface area contributed by atoms with Crippen molar-refractivity contribution in [3.8, 4) is 11.6 Å². The van der Waals surface area contributed by atoms with E-state index in [2.05, 4.69) is 32.3 Å². The molecule has 0 bridgehead atoms. The molecule has 1 fully saturated rings. The zero-order valence-corrected chi connectivity index (χ0v) is 12.2. The average Bonchev–Trinajstić information content (AvgIpc) is 3.14. The Morgan fingerprint density at radius 3 is 2.81 bits per heavy atom. The first-order chi connectivity index (χ1) is 10.3. The molecule has 21 heavy (non-hydrogen) atoms. The number of rotatable bonds is 5. The second-order valence-electron chi connectivity index (χ2n) is 5.24. The second kappa shape index (κ2) is 6.28. The third-order valence-electron chi connectivity index (χ3n) is 3.48. The Bertz CT molecular complexity index is 583. The standard InChI is InChI=1S/C14H19N5O2/c1-3-4-15-11-8-20-7-10(11)14-18-13(19-21-14)12-16-5-9(2)6-17-12/h5-6,10-11,15H,3-4,7-8H2,1-2H3. The van der Waals surface area contributed by atoms with E-state index in [4.69, 9.17) is 9.26 Å². The van der Waals surface area contributed by atoms with Crippen molar-refractivity contribution < 1.29 is 9.26 Å². The first kappa shape index (κ1) is 14.1. The number of nitrogens with one attached hydrogen (secondary N) is 1.